The molecule has 0 saturated heterocycles. The van der Waals surface area contributed by atoms with Crippen molar-refractivity contribution < 1.29 is 19.3 Å². The van der Waals surface area contributed by atoms with Crippen LogP contribution in [-0.2, 0) is 47.1 Å². The van der Waals surface area contributed by atoms with Gasteiger partial charge >= 0.3 is 0 Å². The summed E-state index contributed by atoms with van der Waals surface area (Å²) in [4.78, 5) is 2.51. The van der Waals surface area contributed by atoms with Crippen LogP contribution in [-0.4, -0.2) is 41.0 Å². The van der Waals surface area contributed by atoms with Gasteiger partial charge < -0.3 is 19.3 Å². The molecule has 0 spiro atoms. The SMILES string of the molecule is CC(C)C[C@@H]([C@@H](OCc1ccccc1)[C@H](OCc1ccccc1)[C@H](O)COCc1ccccc1)N(Cc1ccccc1)Cc1ccccc1. The second-order valence-electron chi connectivity index (χ2n) is 13.2. The van der Waals surface area contributed by atoms with E-state index in [4.69, 9.17) is 14.2 Å². The van der Waals surface area contributed by atoms with Gasteiger partial charge in [-0.3, -0.25) is 4.90 Å². The topological polar surface area (TPSA) is 51.2 Å². The Morgan fingerprint density at radius 2 is 0.857 bits per heavy atom. The Morgan fingerprint density at radius 3 is 1.27 bits per heavy atom. The van der Waals surface area contributed by atoms with Gasteiger partial charge in [-0.2, -0.15) is 0 Å². The van der Waals surface area contributed by atoms with E-state index in [1.807, 2.05) is 66.7 Å². The van der Waals surface area contributed by atoms with Crippen molar-refractivity contribution in [3.63, 3.8) is 0 Å². The summed E-state index contributed by atoms with van der Waals surface area (Å²) in [6.45, 7) is 7.22. The number of hydrogen-bond acceptors (Lipinski definition) is 5. The third kappa shape index (κ3) is 12.1. The van der Waals surface area contributed by atoms with Crippen LogP contribution in [0.4, 0.5) is 0 Å². The van der Waals surface area contributed by atoms with Gasteiger partial charge in [0.2, 0.25) is 0 Å². The zero-order chi connectivity index (χ0) is 34.1. The lowest BCUT2D eigenvalue weighted by Gasteiger charge is -2.42. The Hall–Kier alpha value is -4.10. The summed E-state index contributed by atoms with van der Waals surface area (Å²) in [6.07, 6.45) is -1.23. The Kier molecular flexibility index (Phi) is 14.6. The molecule has 5 nitrogen and oxygen atoms in total. The predicted octanol–water partition coefficient (Wildman–Crippen LogP) is 8.85. The molecule has 0 aliphatic rings. The molecule has 0 heterocycles. The quantitative estimate of drug-likeness (QED) is 0.0907. The van der Waals surface area contributed by atoms with Crippen molar-refractivity contribution >= 4 is 0 Å². The van der Waals surface area contributed by atoms with E-state index < -0.39 is 18.3 Å². The maximum absolute atomic E-state index is 12.0. The highest BCUT2D eigenvalue weighted by Gasteiger charge is 2.39. The molecule has 49 heavy (non-hydrogen) atoms. The normalized spacial score (nSPS) is 14.1. The highest BCUT2D eigenvalue weighted by atomic mass is 16.6. The van der Waals surface area contributed by atoms with Crippen molar-refractivity contribution in [1.82, 2.24) is 4.90 Å². The van der Waals surface area contributed by atoms with Gasteiger partial charge in [-0.15, -0.1) is 0 Å². The van der Waals surface area contributed by atoms with Crippen molar-refractivity contribution in [2.45, 2.75) is 77.5 Å². The molecule has 0 aliphatic carbocycles. The second-order valence-corrected chi connectivity index (χ2v) is 13.2. The lowest BCUT2D eigenvalue weighted by atomic mass is 9.91. The summed E-state index contributed by atoms with van der Waals surface area (Å²) in [7, 11) is 0. The molecule has 256 valence electrons. The van der Waals surface area contributed by atoms with E-state index in [9.17, 15) is 5.11 Å². The molecule has 0 amide bonds. The number of rotatable bonds is 20. The molecule has 0 aliphatic heterocycles. The minimum Gasteiger partial charge on any atom is -0.388 e. The van der Waals surface area contributed by atoms with Crippen molar-refractivity contribution in [2.75, 3.05) is 6.61 Å². The van der Waals surface area contributed by atoms with Crippen LogP contribution in [0.15, 0.2) is 152 Å². The zero-order valence-corrected chi connectivity index (χ0v) is 28.9. The standard InChI is InChI=1S/C44H51NO4/c1-35(2)28-41(45(29-36-18-8-3-9-19-36)30-37-20-10-4-11-21-37)43(48-32-39-24-14-6-15-25-39)44(49-33-40-26-16-7-17-27-40)42(46)34-47-31-38-22-12-5-13-23-38/h3-27,35,41-44,46H,28-34H2,1-2H3/t41-,42+,43+,44+/m0/s1. The van der Waals surface area contributed by atoms with Crippen LogP contribution in [0.2, 0.25) is 0 Å². The molecular weight excluding hydrogens is 606 g/mol. The fourth-order valence-electron chi connectivity index (χ4n) is 6.25. The zero-order valence-electron chi connectivity index (χ0n) is 28.9. The maximum atomic E-state index is 12.0. The molecule has 0 bridgehead atoms. The molecule has 1 N–H and O–H groups in total. The molecule has 0 aromatic heterocycles. The number of hydrogen-bond donors (Lipinski definition) is 1. The van der Waals surface area contributed by atoms with Crippen LogP contribution in [0.1, 0.15) is 48.1 Å². The maximum Gasteiger partial charge on any atom is 0.114 e. The van der Waals surface area contributed by atoms with Crippen LogP contribution in [0.3, 0.4) is 0 Å². The average Bonchev–Trinajstić information content (AvgIpc) is 3.14. The smallest absolute Gasteiger partial charge is 0.114 e. The van der Waals surface area contributed by atoms with E-state index in [1.54, 1.807) is 0 Å². The number of aliphatic hydroxyl groups is 1. The lowest BCUT2D eigenvalue weighted by molar-refractivity contribution is -0.170. The second kappa shape index (κ2) is 19.8. The van der Waals surface area contributed by atoms with E-state index in [1.165, 1.54) is 11.1 Å². The molecule has 5 aromatic carbocycles. The molecular formula is C44H51NO4. The predicted molar refractivity (Wildman–Crippen MR) is 198 cm³/mol. The van der Waals surface area contributed by atoms with Crippen LogP contribution in [0, 0.1) is 5.92 Å². The molecule has 0 unspecified atom stereocenters. The lowest BCUT2D eigenvalue weighted by Crippen LogP contribution is -2.55. The molecule has 5 aromatic rings. The summed E-state index contributed by atoms with van der Waals surface area (Å²) in [5.41, 5.74) is 5.62. The third-order valence-electron chi connectivity index (χ3n) is 8.69. The van der Waals surface area contributed by atoms with Gasteiger partial charge in [0.1, 0.15) is 18.3 Å². The first-order valence-electron chi connectivity index (χ1n) is 17.5. The molecule has 0 saturated carbocycles. The first kappa shape index (κ1) is 36.2. The van der Waals surface area contributed by atoms with E-state index in [0.29, 0.717) is 25.7 Å². The minimum absolute atomic E-state index is 0.0892. The van der Waals surface area contributed by atoms with Gasteiger partial charge in [0, 0.05) is 19.1 Å². The average molecular weight is 658 g/mol. The summed E-state index contributed by atoms with van der Waals surface area (Å²) < 4.78 is 19.9. The molecule has 0 radical (unpaired) electrons. The van der Waals surface area contributed by atoms with Crippen molar-refractivity contribution in [3.05, 3.63) is 179 Å². The van der Waals surface area contributed by atoms with Gasteiger partial charge in [0.25, 0.3) is 0 Å². The monoisotopic (exact) mass is 657 g/mol. The summed E-state index contributed by atoms with van der Waals surface area (Å²) in [5, 5.41) is 12.0. The Balaban J connectivity index is 1.51. The van der Waals surface area contributed by atoms with Crippen molar-refractivity contribution in [2.24, 2.45) is 5.92 Å². The van der Waals surface area contributed by atoms with Crippen LogP contribution < -0.4 is 0 Å². The highest BCUT2D eigenvalue weighted by molar-refractivity contribution is 5.19. The van der Waals surface area contributed by atoms with E-state index in [2.05, 4.69) is 104 Å². The van der Waals surface area contributed by atoms with E-state index in [0.717, 1.165) is 36.2 Å². The molecule has 0 fully saturated rings. The third-order valence-corrected chi connectivity index (χ3v) is 8.69. The van der Waals surface area contributed by atoms with Crippen LogP contribution >= 0.6 is 0 Å². The van der Waals surface area contributed by atoms with E-state index in [-0.39, 0.29) is 12.6 Å². The Labute approximate surface area is 293 Å². The number of ether oxygens (including phenoxy) is 3. The van der Waals surface area contributed by atoms with E-state index >= 15 is 0 Å². The van der Waals surface area contributed by atoms with Gasteiger partial charge in [-0.05, 0) is 40.2 Å². The number of aliphatic hydroxyl groups excluding tert-OH is 1. The fourth-order valence-corrected chi connectivity index (χ4v) is 6.25. The van der Waals surface area contributed by atoms with Gasteiger partial charge in [-0.1, -0.05) is 166 Å². The number of benzene rings is 5. The fraction of sp³-hybridized carbons (Fsp3) is 0.318. The first-order valence-corrected chi connectivity index (χ1v) is 17.5. The van der Waals surface area contributed by atoms with Gasteiger partial charge in [0.05, 0.1) is 26.4 Å². The summed E-state index contributed by atoms with van der Waals surface area (Å²) in [5.74, 6) is 0.364. The van der Waals surface area contributed by atoms with Crippen molar-refractivity contribution in [3.8, 4) is 0 Å². The first-order chi connectivity index (χ1) is 24.0. The largest absolute Gasteiger partial charge is 0.388 e. The van der Waals surface area contributed by atoms with Gasteiger partial charge in [0.15, 0.2) is 0 Å². The molecule has 5 heteroatoms. The Bertz CT molecular complexity index is 1530. The summed E-state index contributed by atoms with van der Waals surface area (Å²) in [6, 6.07) is 51.6. The Morgan fingerprint density at radius 1 is 0.490 bits per heavy atom. The summed E-state index contributed by atoms with van der Waals surface area (Å²) >= 11 is 0. The molecule has 4 atom stereocenters. The molecule has 5 rings (SSSR count). The highest BCUT2D eigenvalue weighted by Crippen LogP contribution is 2.28. The van der Waals surface area contributed by atoms with Crippen LogP contribution in [0.25, 0.3) is 0 Å². The van der Waals surface area contributed by atoms with Crippen LogP contribution in [0.5, 0.6) is 0 Å². The number of nitrogens with zero attached hydrogens (tertiary/aromatic N) is 1. The van der Waals surface area contributed by atoms with Gasteiger partial charge in [-0.25, -0.2) is 0 Å². The minimum atomic E-state index is -0.932. The van der Waals surface area contributed by atoms with Crippen molar-refractivity contribution in [1.29, 1.82) is 0 Å².